The van der Waals surface area contributed by atoms with Crippen LogP contribution in [0.2, 0.25) is 0 Å². The molecule has 5 nitrogen and oxygen atoms in total. The third kappa shape index (κ3) is 4.50. The lowest BCUT2D eigenvalue weighted by Gasteiger charge is -2.34. The van der Waals surface area contributed by atoms with E-state index in [2.05, 4.69) is 10.2 Å². The number of carbonyl (C=O) groups is 1. The standard InChI is InChI=1S/C25H31N3O2/c1-18-25(27-24(30)16-15-19-9-3-2-4-10-19)26-17-20-11-5-6-12-21(20)28(18)22-13-7-8-14-23(22)29/h5-8,11-14,17-19,25,29H,2-4,9-10,15-16H2,1H3,(H,27,30)/t18?,25-/m0/s1. The molecule has 1 unspecified atom stereocenters. The molecule has 30 heavy (non-hydrogen) atoms. The number of para-hydroxylation sites is 3. The molecule has 2 N–H and O–H groups in total. The second-order valence-electron chi connectivity index (χ2n) is 8.49. The summed E-state index contributed by atoms with van der Waals surface area (Å²) in [5.41, 5.74) is 2.64. The van der Waals surface area contributed by atoms with Crippen molar-refractivity contribution < 1.29 is 9.90 Å². The largest absolute Gasteiger partial charge is 0.506 e. The number of nitrogens with zero attached hydrogens (tertiary/aromatic N) is 2. The maximum absolute atomic E-state index is 12.7. The van der Waals surface area contributed by atoms with Crippen molar-refractivity contribution in [3.05, 3.63) is 54.1 Å². The monoisotopic (exact) mass is 405 g/mol. The average molecular weight is 406 g/mol. The highest BCUT2D eigenvalue weighted by Crippen LogP contribution is 2.38. The number of carbonyl (C=O) groups excluding carboxylic acids is 1. The van der Waals surface area contributed by atoms with E-state index >= 15 is 0 Å². The third-order valence-corrected chi connectivity index (χ3v) is 6.39. The number of benzene rings is 2. The van der Waals surface area contributed by atoms with Crippen molar-refractivity contribution >= 4 is 23.5 Å². The Morgan fingerprint density at radius 1 is 1.07 bits per heavy atom. The van der Waals surface area contributed by atoms with Crippen LogP contribution in [0.15, 0.2) is 53.5 Å². The summed E-state index contributed by atoms with van der Waals surface area (Å²) in [4.78, 5) is 19.5. The molecule has 0 aromatic heterocycles. The SMILES string of the molecule is CC1[C@H](NC(=O)CCC2CCCCC2)N=Cc2ccccc2N1c1ccccc1O. The Balaban J connectivity index is 1.53. The first-order valence-electron chi connectivity index (χ1n) is 11.1. The first-order valence-corrected chi connectivity index (χ1v) is 11.1. The van der Waals surface area contributed by atoms with Crippen molar-refractivity contribution in [3.8, 4) is 5.75 Å². The number of aliphatic imine (C=N–C) groups is 1. The molecular formula is C25H31N3O2. The van der Waals surface area contributed by atoms with E-state index in [1.54, 1.807) is 6.07 Å². The summed E-state index contributed by atoms with van der Waals surface area (Å²) in [6.07, 6.45) is 9.37. The number of hydrogen-bond donors (Lipinski definition) is 2. The van der Waals surface area contributed by atoms with Crippen LogP contribution < -0.4 is 10.2 Å². The van der Waals surface area contributed by atoms with Crippen LogP contribution in [-0.4, -0.2) is 29.4 Å². The number of fused-ring (bicyclic) bond motifs is 1. The van der Waals surface area contributed by atoms with E-state index in [1.165, 1.54) is 32.1 Å². The molecule has 2 aliphatic rings. The molecule has 5 heteroatoms. The van der Waals surface area contributed by atoms with Crippen LogP contribution in [0.1, 0.15) is 57.4 Å². The minimum Gasteiger partial charge on any atom is -0.506 e. The Morgan fingerprint density at radius 3 is 2.53 bits per heavy atom. The minimum absolute atomic E-state index is 0.0535. The molecule has 1 aliphatic carbocycles. The van der Waals surface area contributed by atoms with E-state index < -0.39 is 6.17 Å². The quantitative estimate of drug-likeness (QED) is 0.723. The fraction of sp³-hybridized carbons (Fsp3) is 0.440. The molecule has 0 saturated heterocycles. The summed E-state index contributed by atoms with van der Waals surface area (Å²) in [5.74, 6) is 0.947. The van der Waals surface area contributed by atoms with Crippen LogP contribution in [0, 0.1) is 5.92 Å². The molecule has 1 saturated carbocycles. The normalized spacial score (nSPS) is 21.7. The molecule has 0 bridgehead atoms. The molecule has 1 amide bonds. The smallest absolute Gasteiger partial charge is 0.221 e. The summed E-state index contributed by atoms with van der Waals surface area (Å²) >= 11 is 0. The highest BCUT2D eigenvalue weighted by atomic mass is 16.3. The molecule has 1 fully saturated rings. The van der Waals surface area contributed by atoms with E-state index in [-0.39, 0.29) is 17.7 Å². The summed E-state index contributed by atoms with van der Waals surface area (Å²) < 4.78 is 0. The van der Waals surface area contributed by atoms with Gasteiger partial charge in [-0.05, 0) is 37.5 Å². The van der Waals surface area contributed by atoms with Crippen molar-refractivity contribution in [2.75, 3.05) is 4.90 Å². The lowest BCUT2D eigenvalue weighted by Crippen LogP contribution is -2.47. The van der Waals surface area contributed by atoms with Gasteiger partial charge in [0.15, 0.2) is 0 Å². The Morgan fingerprint density at radius 2 is 1.77 bits per heavy atom. The number of rotatable bonds is 5. The predicted molar refractivity (Wildman–Crippen MR) is 121 cm³/mol. The Bertz CT molecular complexity index is 905. The van der Waals surface area contributed by atoms with Crippen LogP contribution in [0.25, 0.3) is 0 Å². The van der Waals surface area contributed by atoms with Gasteiger partial charge in [-0.15, -0.1) is 0 Å². The molecule has 158 valence electrons. The van der Waals surface area contributed by atoms with Crippen molar-refractivity contribution in [1.82, 2.24) is 5.32 Å². The van der Waals surface area contributed by atoms with Gasteiger partial charge < -0.3 is 15.3 Å². The fourth-order valence-corrected chi connectivity index (χ4v) is 4.68. The molecule has 1 heterocycles. The van der Waals surface area contributed by atoms with E-state index in [1.807, 2.05) is 55.6 Å². The Hall–Kier alpha value is -2.82. The molecule has 0 spiro atoms. The van der Waals surface area contributed by atoms with Gasteiger partial charge in [0.25, 0.3) is 0 Å². The van der Waals surface area contributed by atoms with Gasteiger partial charge in [-0.25, -0.2) is 0 Å². The number of aromatic hydroxyl groups is 1. The number of amides is 1. The zero-order valence-electron chi connectivity index (χ0n) is 17.6. The molecule has 4 rings (SSSR count). The van der Waals surface area contributed by atoms with Gasteiger partial charge in [-0.3, -0.25) is 9.79 Å². The molecule has 2 aromatic rings. The average Bonchev–Trinajstić information content (AvgIpc) is 2.90. The molecule has 1 aliphatic heterocycles. The molecule has 0 radical (unpaired) electrons. The summed E-state index contributed by atoms with van der Waals surface area (Å²) in [6, 6.07) is 15.1. The van der Waals surface area contributed by atoms with Crippen LogP contribution in [0.3, 0.4) is 0 Å². The first-order chi connectivity index (χ1) is 14.6. The molecular weight excluding hydrogens is 374 g/mol. The number of phenols is 1. The topological polar surface area (TPSA) is 64.9 Å². The van der Waals surface area contributed by atoms with Gasteiger partial charge in [-0.2, -0.15) is 0 Å². The van der Waals surface area contributed by atoms with Crippen molar-refractivity contribution in [2.24, 2.45) is 10.9 Å². The number of anilines is 2. The van der Waals surface area contributed by atoms with Crippen LogP contribution >= 0.6 is 0 Å². The fourth-order valence-electron chi connectivity index (χ4n) is 4.68. The maximum Gasteiger partial charge on any atom is 0.221 e. The number of nitrogens with one attached hydrogen (secondary N) is 1. The summed E-state index contributed by atoms with van der Waals surface area (Å²) in [5, 5.41) is 13.7. The van der Waals surface area contributed by atoms with Gasteiger partial charge in [0.1, 0.15) is 11.9 Å². The number of phenolic OH excluding ortho intramolecular Hbond substituents is 1. The van der Waals surface area contributed by atoms with Crippen molar-refractivity contribution in [3.63, 3.8) is 0 Å². The van der Waals surface area contributed by atoms with Gasteiger partial charge >= 0.3 is 0 Å². The van der Waals surface area contributed by atoms with Crippen LogP contribution in [0.4, 0.5) is 11.4 Å². The Labute approximate surface area is 178 Å². The number of benzodiazepines with no additional fused rings is 1. The summed E-state index contributed by atoms with van der Waals surface area (Å²) in [7, 11) is 0. The van der Waals surface area contributed by atoms with Gasteiger partial charge in [-0.1, -0.05) is 62.4 Å². The van der Waals surface area contributed by atoms with E-state index in [9.17, 15) is 9.90 Å². The lowest BCUT2D eigenvalue weighted by atomic mass is 9.86. The van der Waals surface area contributed by atoms with Crippen LogP contribution in [-0.2, 0) is 4.79 Å². The Kier molecular flexibility index (Phi) is 6.36. The lowest BCUT2D eigenvalue weighted by molar-refractivity contribution is -0.122. The molecule has 2 atom stereocenters. The van der Waals surface area contributed by atoms with E-state index in [4.69, 9.17) is 4.99 Å². The minimum atomic E-state index is -0.393. The van der Waals surface area contributed by atoms with Crippen LogP contribution in [0.5, 0.6) is 5.75 Å². The van der Waals surface area contributed by atoms with E-state index in [0.29, 0.717) is 18.0 Å². The second kappa shape index (κ2) is 9.33. The van der Waals surface area contributed by atoms with Crippen molar-refractivity contribution in [1.29, 1.82) is 0 Å². The highest BCUT2D eigenvalue weighted by Gasteiger charge is 2.30. The zero-order chi connectivity index (χ0) is 20.9. The van der Waals surface area contributed by atoms with Gasteiger partial charge in [0, 0.05) is 18.2 Å². The second-order valence-corrected chi connectivity index (χ2v) is 8.49. The predicted octanol–water partition coefficient (Wildman–Crippen LogP) is 5.15. The highest BCUT2D eigenvalue weighted by molar-refractivity contribution is 5.92. The third-order valence-electron chi connectivity index (χ3n) is 6.39. The molecule has 2 aromatic carbocycles. The summed E-state index contributed by atoms with van der Waals surface area (Å²) in [6.45, 7) is 2.04. The van der Waals surface area contributed by atoms with Crippen molar-refractivity contribution in [2.45, 2.75) is 64.1 Å². The maximum atomic E-state index is 12.7. The van der Waals surface area contributed by atoms with Gasteiger partial charge in [0.05, 0.1) is 17.4 Å². The van der Waals surface area contributed by atoms with E-state index in [0.717, 1.165) is 17.7 Å². The van der Waals surface area contributed by atoms with Gasteiger partial charge in [0.2, 0.25) is 5.91 Å². The number of hydrogen-bond acceptors (Lipinski definition) is 4. The zero-order valence-corrected chi connectivity index (χ0v) is 17.6. The first kappa shape index (κ1) is 20.5.